The molecule has 0 saturated heterocycles. The average molecular weight is 414 g/mol. The summed E-state index contributed by atoms with van der Waals surface area (Å²) in [4.78, 5) is 14.5. The number of amides is 1. The van der Waals surface area contributed by atoms with Crippen molar-refractivity contribution >= 4 is 17.5 Å². The molecule has 3 rings (SSSR count). The van der Waals surface area contributed by atoms with Crippen molar-refractivity contribution < 1.29 is 13.9 Å². The van der Waals surface area contributed by atoms with Crippen molar-refractivity contribution in [2.75, 3.05) is 13.7 Å². The quantitative estimate of drug-likeness (QED) is 0.505. The van der Waals surface area contributed by atoms with Crippen LogP contribution in [-0.4, -0.2) is 34.7 Å². The second-order valence-corrected chi connectivity index (χ2v) is 7.05. The largest absolute Gasteiger partial charge is 0.497 e. The maximum atomic E-state index is 12.8. The van der Waals surface area contributed by atoms with E-state index in [1.165, 1.54) is 0 Å². The van der Waals surface area contributed by atoms with E-state index < -0.39 is 0 Å². The Bertz CT molecular complexity index is 940. The SMILES string of the molecule is CCCN(Cc1nnc(-c2ccccc2Cl)o1)C(=O)CCc1ccc(OC)cc1. The van der Waals surface area contributed by atoms with Crippen LogP contribution in [0.15, 0.2) is 52.9 Å². The number of aromatic nitrogens is 2. The fourth-order valence-corrected chi connectivity index (χ4v) is 3.20. The van der Waals surface area contributed by atoms with Gasteiger partial charge in [-0.25, -0.2) is 0 Å². The molecule has 0 saturated carbocycles. The Hall–Kier alpha value is -2.86. The van der Waals surface area contributed by atoms with Crippen LogP contribution in [0.5, 0.6) is 5.75 Å². The van der Waals surface area contributed by atoms with Gasteiger partial charge in [-0.15, -0.1) is 10.2 Å². The van der Waals surface area contributed by atoms with Crippen LogP contribution in [0.25, 0.3) is 11.5 Å². The van der Waals surface area contributed by atoms with Gasteiger partial charge in [0, 0.05) is 13.0 Å². The molecule has 1 heterocycles. The minimum atomic E-state index is 0.0557. The molecule has 1 amide bonds. The molecular formula is C22H24ClN3O3. The van der Waals surface area contributed by atoms with Crippen LogP contribution in [0, 0.1) is 0 Å². The number of methoxy groups -OCH3 is 1. The standard InChI is InChI=1S/C22H24ClN3O3/c1-3-14-26(21(27)13-10-16-8-11-17(28-2)12-9-16)15-20-24-25-22(29-20)18-6-4-5-7-19(18)23/h4-9,11-12H,3,10,13-15H2,1-2H3. The van der Waals surface area contributed by atoms with Crippen LogP contribution < -0.4 is 4.74 Å². The summed E-state index contributed by atoms with van der Waals surface area (Å²) in [6.45, 7) is 2.95. The number of rotatable bonds is 9. The highest BCUT2D eigenvalue weighted by Crippen LogP contribution is 2.26. The molecule has 0 aliphatic rings. The Morgan fingerprint density at radius 1 is 1.14 bits per heavy atom. The number of nitrogens with zero attached hydrogens (tertiary/aromatic N) is 3. The first-order valence-electron chi connectivity index (χ1n) is 9.58. The second kappa shape index (κ2) is 10.1. The van der Waals surface area contributed by atoms with Gasteiger partial charge in [0.25, 0.3) is 0 Å². The third kappa shape index (κ3) is 5.57. The molecule has 3 aromatic rings. The lowest BCUT2D eigenvalue weighted by atomic mass is 10.1. The van der Waals surface area contributed by atoms with Crippen molar-refractivity contribution in [3.63, 3.8) is 0 Å². The van der Waals surface area contributed by atoms with Crippen molar-refractivity contribution in [3.8, 4) is 17.2 Å². The highest BCUT2D eigenvalue weighted by molar-refractivity contribution is 6.33. The van der Waals surface area contributed by atoms with Crippen LogP contribution in [0.4, 0.5) is 0 Å². The summed E-state index contributed by atoms with van der Waals surface area (Å²) >= 11 is 6.19. The van der Waals surface area contributed by atoms with Crippen molar-refractivity contribution in [2.24, 2.45) is 0 Å². The smallest absolute Gasteiger partial charge is 0.249 e. The van der Waals surface area contributed by atoms with Gasteiger partial charge in [-0.2, -0.15) is 0 Å². The molecule has 0 aliphatic carbocycles. The van der Waals surface area contributed by atoms with Crippen LogP contribution in [0.3, 0.4) is 0 Å². The second-order valence-electron chi connectivity index (χ2n) is 6.64. The van der Waals surface area contributed by atoms with Gasteiger partial charge in [0.2, 0.25) is 17.7 Å². The Kier molecular flexibility index (Phi) is 7.25. The molecule has 0 atom stereocenters. The number of ether oxygens (including phenoxy) is 1. The number of halogens is 1. The van der Waals surface area contributed by atoms with Gasteiger partial charge >= 0.3 is 0 Å². The maximum absolute atomic E-state index is 12.8. The van der Waals surface area contributed by atoms with Gasteiger partial charge < -0.3 is 14.1 Å². The molecule has 6 nitrogen and oxygen atoms in total. The zero-order valence-corrected chi connectivity index (χ0v) is 17.4. The Morgan fingerprint density at radius 3 is 2.59 bits per heavy atom. The fourth-order valence-electron chi connectivity index (χ4n) is 2.99. The van der Waals surface area contributed by atoms with Crippen molar-refractivity contribution in [1.29, 1.82) is 0 Å². The monoisotopic (exact) mass is 413 g/mol. The molecule has 0 spiro atoms. The lowest BCUT2D eigenvalue weighted by molar-refractivity contribution is -0.132. The lowest BCUT2D eigenvalue weighted by Gasteiger charge is -2.20. The molecule has 1 aromatic heterocycles. The first kappa shape index (κ1) is 20.9. The van der Waals surface area contributed by atoms with Crippen molar-refractivity contribution in [1.82, 2.24) is 15.1 Å². The minimum Gasteiger partial charge on any atom is -0.497 e. The van der Waals surface area contributed by atoms with E-state index in [2.05, 4.69) is 10.2 Å². The molecular weight excluding hydrogens is 390 g/mol. The van der Waals surface area contributed by atoms with Gasteiger partial charge in [0.05, 0.1) is 24.2 Å². The summed E-state index contributed by atoms with van der Waals surface area (Å²) in [6, 6.07) is 15.0. The van der Waals surface area contributed by atoms with Gasteiger partial charge in [-0.3, -0.25) is 4.79 Å². The number of carbonyl (C=O) groups excluding carboxylic acids is 1. The number of hydrogen-bond donors (Lipinski definition) is 0. The number of hydrogen-bond acceptors (Lipinski definition) is 5. The van der Waals surface area contributed by atoms with Crippen LogP contribution in [0.2, 0.25) is 5.02 Å². The zero-order chi connectivity index (χ0) is 20.6. The maximum Gasteiger partial charge on any atom is 0.249 e. The summed E-state index contributed by atoms with van der Waals surface area (Å²) in [5.41, 5.74) is 1.77. The minimum absolute atomic E-state index is 0.0557. The summed E-state index contributed by atoms with van der Waals surface area (Å²) in [5, 5.41) is 8.72. The normalized spacial score (nSPS) is 10.7. The van der Waals surface area contributed by atoms with E-state index in [9.17, 15) is 4.79 Å². The Balaban J connectivity index is 1.63. The molecule has 29 heavy (non-hydrogen) atoms. The van der Waals surface area contributed by atoms with Crippen molar-refractivity contribution in [3.05, 3.63) is 65.0 Å². The molecule has 0 aliphatic heterocycles. The van der Waals surface area contributed by atoms with E-state index in [0.29, 0.717) is 41.8 Å². The van der Waals surface area contributed by atoms with E-state index in [0.717, 1.165) is 17.7 Å². The first-order chi connectivity index (χ1) is 14.1. The number of carbonyl (C=O) groups is 1. The summed E-state index contributed by atoms with van der Waals surface area (Å²) in [7, 11) is 1.63. The number of benzene rings is 2. The van der Waals surface area contributed by atoms with Crippen LogP contribution in [0.1, 0.15) is 31.2 Å². The predicted molar refractivity (Wildman–Crippen MR) is 112 cm³/mol. The predicted octanol–water partition coefficient (Wildman–Crippen LogP) is 4.77. The zero-order valence-electron chi connectivity index (χ0n) is 16.6. The topological polar surface area (TPSA) is 68.5 Å². The molecule has 0 fully saturated rings. The molecule has 0 bridgehead atoms. The lowest BCUT2D eigenvalue weighted by Crippen LogP contribution is -2.31. The summed E-state index contributed by atoms with van der Waals surface area (Å²) in [5.74, 6) is 1.61. The van der Waals surface area contributed by atoms with Gasteiger partial charge in [0.1, 0.15) is 5.75 Å². The Morgan fingerprint density at radius 2 is 1.90 bits per heavy atom. The highest BCUT2D eigenvalue weighted by atomic mass is 35.5. The highest BCUT2D eigenvalue weighted by Gasteiger charge is 2.18. The Labute approximate surface area is 175 Å². The van der Waals surface area contributed by atoms with Crippen LogP contribution >= 0.6 is 11.6 Å². The van der Waals surface area contributed by atoms with E-state index in [1.54, 1.807) is 18.1 Å². The van der Waals surface area contributed by atoms with E-state index >= 15 is 0 Å². The van der Waals surface area contributed by atoms with E-state index in [-0.39, 0.29) is 12.5 Å². The fraction of sp³-hybridized carbons (Fsp3) is 0.318. The van der Waals surface area contributed by atoms with Crippen molar-refractivity contribution in [2.45, 2.75) is 32.7 Å². The molecule has 2 aromatic carbocycles. The average Bonchev–Trinajstić information content (AvgIpc) is 3.20. The summed E-state index contributed by atoms with van der Waals surface area (Å²) in [6.07, 6.45) is 1.93. The summed E-state index contributed by atoms with van der Waals surface area (Å²) < 4.78 is 10.9. The first-order valence-corrected chi connectivity index (χ1v) is 9.96. The molecule has 0 unspecified atom stereocenters. The number of aryl methyl sites for hydroxylation is 1. The van der Waals surface area contributed by atoms with Gasteiger partial charge in [-0.1, -0.05) is 42.8 Å². The molecule has 0 radical (unpaired) electrons. The van der Waals surface area contributed by atoms with Gasteiger partial charge in [-0.05, 0) is 42.7 Å². The molecule has 0 N–H and O–H groups in total. The molecule has 7 heteroatoms. The van der Waals surface area contributed by atoms with E-state index in [4.69, 9.17) is 20.8 Å². The van der Waals surface area contributed by atoms with E-state index in [1.807, 2.05) is 49.4 Å². The third-order valence-corrected chi connectivity index (χ3v) is 4.86. The van der Waals surface area contributed by atoms with Gasteiger partial charge in [0.15, 0.2) is 0 Å². The van der Waals surface area contributed by atoms with Crippen LogP contribution in [-0.2, 0) is 17.8 Å². The third-order valence-electron chi connectivity index (χ3n) is 4.53. The molecule has 152 valence electrons.